The molecule has 3 aromatic carbocycles. The Morgan fingerprint density at radius 2 is 1.64 bits per heavy atom. The summed E-state index contributed by atoms with van der Waals surface area (Å²) >= 11 is 3.10. The van der Waals surface area contributed by atoms with Gasteiger partial charge in [0.25, 0.3) is 5.91 Å². The van der Waals surface area contributed by atoms with E-state index < -0.39 is 4.08 Å². The first kappa shape index (κ1) is 33.8. The molecule has 0 bridgehead atoms. The zero-order valence-electron chi connectivity index (χ0n) is 25.2. The van der Waals surface area contributed by atoms with E-state index in [0.29, 0.717) is 12.4 Å². The molecule has 1 atom stereocenters. The van der Waals surface area contributed by atoms with Crippen LogP contribution >= 0.6 is 35.9 Å². The van der Waals surface area contributed by atoms with E-state index in [9.17, 15) is 4.79 Å². The number of benzene rings is 3. The summed E-state index contributed by atoms with van der Waals surface area (Å²) in [7, 11) is 8.94. The molecule has 0 aliphatic carbocycles. The number of halogens is 1. The average Bonchev–Trinajstić information content (AvgIpc) is 3.01. The van der Waals surface area contributed by atoms with Crippen LogP contribution in [-0.2, 0) is 15.3 Å². The van der Waals surface area contributed by atoms with Crippen LogP contribution in [-0.4, -0.2) is 72.2 Å². The first-order valence-electron chi connectivity index (χ1n) is 13.7. The van der Waals surface area contributed by atoms with Crippen LogP contribution in [0.5, 0.6) is 23.0 Å². The third kappa shape index (κ3) is 7.43. The number of thioether (sulfide) groups is 2. The number of rotatable bonds is 14. The van der Waals surface area contributed by atoms with Gasteiger partial charge in [-0.25, -0.2) is 0 Å². The van der Waals surface area contributed by atoms with E-state index >= 15 is 0 Å². The summed E-state index contributed by atoms with van der Waals surface area (Å²) < 4.78 is 21.8. The van der Waals surface area contributed by atoms with Crippen molar-refractivity contribution in [2.45, 2.75) is 28.2 Å². The summed E-state index contributed by atoms with van der Waals surface area (Å²) in [6, 6.07) is 19.9. The predicted molar refractivity (Wildman–Crippen MR) is 177 cm³/mol. The summed E-state index contributed by atoms with van der Waals surface area (Å²) in [5, 5.41) is 0. The Morgan fingerprint density at radius 3 is 2.36 bits per heavy atom. The van der Waals surface area contributed by atoms with Crippen LogP contribution in [0.2, 0.25) is 0 Å². The van der Waals surface area contributed by atoms with Gasteiger partial charge in [-0.1, -0.05) is 30.0 Å². The van der Waals surface area contributed by atoms with Crippen molar-refractivity contribution in [2.24, 2.45) is 0 Å². The minimum Gasteiger partial charge on any atom is -0.497 e. The van der Waals surface area contributed by atoms with Crippen molar-refractivity contribution in [2.75, 3.05) is 66.3 Å². The van der Waals surface area contributed by atoms with E-state index in [-0.39, 0.29) is 18.3 Å². The van der Waals surface area contributed by atoms with Crippen LogP contribution < -0.4 is 23.8 Å². The van der Waals surface area contributed by atoms with Crippen LogP contribution in [0.25, 0.3) is 0 Å². The van der Waals surface area contributed by atoms with Gasteiger partial charge in [-0.05, 0) is 87.1 Å². The Balaban J connectivity index is 0.00000484. The van der Waals surface area contributed by atoms with E-state index in [1.165, 1.54) is 17.3 Å². The summed E-state index contributed by atoms with van der Waals surface area (Å²) in [5.41, 5.74) is 2.97. The Bertz CT molecular complexity index is 1340. The average molecular weight is 633 g/mol. The maximum absolute atomic E-state index is 13.8. The third-order valence-corrected chi connectivity index (χ3v) is 10.3. The molecular formula is C32H41ClN2O5S2. The molecule has 1 amide bonds. The lowest BCUT2D eigenvalue weighted by atomic mass is 10.1. The number of carbonyl (C=O) groups excluding carboxylic acids is 1. The van der Waals surface area contributed by atoms with Crippen molar-refractivity contribution in [3.05, 3.63) is 71.8 Å². The molecule has 1 aliphatic rings. The summed E-state index contributed by atoms with van der Waals surface area (Å²) in [6.45, 7) is 2.49. The van der Waals surface area contributed by atoms with Gasteiger partial charge in [0.2, 0.25) is 0 Å². The SMILES string of the molecule is COc1ccc(OCCCCN(C)CCc2ccc(OC)c(OC)c2)c(C2(SC)Sc3ccccc3N(C)C2=O)c1.Cl. The number of ether oxygens (including phenoxy) is 4. The molecule has 0 aromatic heterocycles. The second-order valence-corrected chi connectivity index (χ2v) is 12.5. The van der Waals surface area contributed by atoms with Crippen molar-refractivity contribution in [3.8, 4) is 23.0 Å². The lowest BCUT2D eigenvalue weighted by Gasteiger charge is -2.40. The monoisotopic (exact) mass is 632 g/mol. The van der Waals surface area contributed by atoms with Crippen LogP contribution in [0.3, 0.4) is 0 Å². The quantitative estimate of drug-likeness (QED) is 0.181. The standard InChI is InChI=1S/C32H40N2O5S2.ClH/c1-33(19-17-23-13-15-28(37-4)29(21-23)38-5)18-9-10-20-39-27-16-14-24(36-3)22-25(27)32(40-6)31(35)34(2)26-11-7-8-12-30(26)41-32;/h7-8,11-16,21-22H,9-10,17-20H2,1-6H3;1H. The van der Waals surface area contributed by atoms with Crippen molar-refractivity contribution >= 4 is 47.5 Å². The number of amides is 1. The van der Waals surface area contributed by atoms with Crippen LogP contribution in [0, 0.1) is 0 Å². The minimum absolute atomic E-state index is 0. The minimum atomic E-state index is -0.878. The van der Waals surface area contributed by atoms with Crippen LogP contribution in [0.4, 0.5) is 5.69 Å². The second kappa shape index (κ2) is 15.7. The number of likely N-dealkylation sites (N-methyl/N-ethyl adjacent to an activating group) is 2. The highest BCUT2D eigenvalue weighted by Crippen LogP contribution is 2.58. The number of hydrogen-bond acceptors (Lipinski definition) is 8. The maximum atomic E-state index is 13.8. The lowest BCUT2D eigenvalue weighted by molar-refractivity contribution is -0.118. The Labute approximate surface area is 264 Å². The fourth-order valence-electron chi connectivity index (χ4n) is 4.91. The van der Waals surface area contributed by atoms with E-state index in [1.807, 2.05) is 61.8 Å². The number of fused-ring (bicyclic) bond motifs is 1. The van der Waals surface area contributed by atoms with Gasteiger partial charge >= 0.3 is 0 Å². The van der Waals surface area contributed by atoms with E-state index in [2.05, 4.69) is 24.1 Å². The predicted octanol–water partition coefficient (Wildman–Crippen LogP) is 6.75. The number of nitrogens with zero attached hydrogens (tertiary/aromatic N) is 2. The highest BCUT2D eigenvalue weighted by Gasteiger charge is 2.49. The van der Waals surface area contributed by atoms with Gasteiger partial charge in [-0.15, -0.1) is 24.2 Å². The van der Waals surface area contributed by atoms with Gasteiger partial charge in [-0.2, -0.15) is 0 Å². The number of hydrogen-bond donors (Lipinski definition) is 0. The molecule has 0 fully saturated rings. The molecule has 228 valence electrons. The number of methoxy groups -OCH3 is 3. The topological polar surface area (TPSA) is 60.5 Å². The number of unbranched alkanes of at least 4 members (excludes halogenated alkanes) is 1. The first-order chi connectivity index (χ1) is 19.9. The molecule has 0 saturated heterocycles. The molecule has 10 heteroatoms. The number of anilines is 1. The smallest absolute Gasteiger partial charge is 0.258 e. The summed E-state index contributed by atoms with van der Waals surface area (Å²) in [6.07, 6.45) is 4.82. The van der Waals surface area contributed by atoms with E-state index in [0.717, 1.165) is 65.7 Å². The zero-order chi connectivity index (χ0) is 29.4. The second-order valence-electron chi connectivity index (χ2n) is 9.91. The van der Waals surface area contributed by atoms with E-state index in [1.54, 1.807) is 38.0 Å². The molecule has 0 radical (unpaired) electrons. The fraction of sp³-hybridized carbons (Fsp3) is 0.406. The lowest BCUT2D eigenvalue weighted by Crippen LogP contribution is -2.44. The van der Waals surface area contributed by atoms with Crippen molar-refractivity contribution in [1.82, 2.24) is 4.90 Å². The van der Waals surface area contributed by atoms with Gasteiger partial charge in [0.15, 0.2) is 15.6 Å². The Kier molecular flexibility index (Phi) is 12.6. The number of carbonyl (C=O) groups is 1. The number of para-hydroxylation sites is 1. The molecule has 7 nitrogen and oxygen atoms in total. The van der Waals surface area contributed by atoms with Gasteiger partial charge in [0.05, 0.1) is 33.6 Å². The Morgan fingerprint density at radius 1 is 0.905 bits per heavy atom. The largest absolute Gasteiger partial charge is 0.497 e. The first-order valence-corrected chi connectivity index (χ1v) is 15.7. The van der Waals surface area contributed by atoms with Crippen LogP contribution in [0.15, 0.2) is 65.6 Å². The molecule has 0 spiro atoms. The third-order valence-electron chi connectivity index (χ3n) is 7.32. The van der Waals surface area contributed by atoms with Gasteiger partial charge in [0, 0.05) is 24.1 Å². The van der Waals surface area contributed by atoms with Crippen LogP contribution in [0.1, 0.15) is 24.0 Å². The molecule has 0 N–H and O–H groups in total. The Hall–Kier alpha value is -2.72. The zero-order valence-corrected chi connectivity index (χ0v) is 27.6. The normalized spacial score (nSPS) is 16.1. The highest BCUT2D eigenvalue weighted by atomic mass is 35.5. The maximum Gasteiger partial charge on any atom is 0.258 e. The highest BCUT2D eigenvalue weighted by molar-refractivity contribution is 8.18. The van der Waals surface area contributed by atoms with Crippen molar-refractivity contribution in [1.29, 1.82) is 0 Å². The van der Waals surface area contributed by atoms with Crippen molar-refractivity contribution in [3.63, 3.8) is 0 Å². The van der Waals surface area contributed by atoms with Gasteiger partial charge < -0.3 is 28.7 Å². The van der Waals surface area contributed by atoms with Gasteiger partial charge in [0.1, 0.15) is 11.5 Å². The van der Waals surface area contributed by atoms with Crippen molar-refractivity contribution < 1.29 is 23.7 Å². The fourth-order valence-corrected chi connectivity index (χ4v) is 7.46. The summed E-state index contributed by atoms with van der Waals surface area (Å²) in [5.74, 6) is 2.94. The molecule has 42 heavy (non-hydrogen) atoms. The van der Waals surface area contributed by atoms with E-state index in [4.69, 9.17) is 18.9 Å². The molecule has 4 rings (SSSR count). The molecule has 1 aliphatic heterocycles. The molecular weight excluding hydrogens is 592 g/mol. The summed E-state index contributed by atoms with van der Waals surface area (Å²) in [4.78, 5) is 19.0. The molecule has 1 unspecified atom stereocenters. The van der Waals surface area contributed by atoms with Gasteiger partial charge in [-0.3, -0.25) is 4.79 Å². The molecule has 0 saturated carbocycles. The molecule has 1 heterocycles. The molecule has 3 aromatic rings.